The quantitative estimate of drug-likeness (QED) is 0.638. The lowest BCUT2D eigenvalue weighted by molar-refractivity contribution is -0.121. The fourth-order valence-corrected chi connectivity index (χ4v) is 3.59. The highest BCUT2D eigenvalue weighted by molar-refractivity contribution is 8.00. The Bertz CT molecular complexity index is 763. The second-order valence-electron chi connectivity index (χ2n) is 5.34. The summed E-state index contributed by atoms with van der Waals surface area (Å²) in [6.07, 6.45) is 2.61. The molecular formula is C17H17N3O2S. The van der Waals surface area contributed by atoms with Gasteiger partial charge in [0.2, 0.25) is 11.8 Å². The Hall–Kier alpha value is -2.21. The summed E-state index contributed by atoms with van der Waals surface area (Å²) in [6, 6.07) is 9.33. The number of aromatic nitrogens is 2. The molecule has 0 unspecified atom stereocenters. The van der Waals surface area contributed by atoms with Gasteiger partial charge in [-0.2, -0.15) is 0 Å². The van der Waals surface area contributed by atoms with Crippen LogP contribution in [-0.4, -0.2) is 27.0 Å². The smallest absolute Gasteiger partial charge is 0.247 e. The number of aryl methyl sites for hydroxylation is 2. The van der Waals surface area contributed by atoms with Gasteiger partial charge in [0, 0.05) is 18.3 Å². The summed E-state index contributed by atoms with van der Waals surface area (Å²) in [5.74, 6) is -0.355. The molecular weight excluding hydrogens is 310 g/mol. The van der Waals surface area contributed by atoms with Crippen LogP contribution in [0.2, 0.25) is 0 Å². The van der Waals surface area contributed by atoms with Crippen molar-refractivity contribution >= 4 is 29.3 Å². The number of amides is 2. The van der Waals surface area contributed by atoms with Crippen LogP contribution >= 0.6 is 11.8 Å². The van der Waals surface area contributed by atoms with E-state index in [1.807, 2.05) is 38.1 Å². The van der Waals surface area contributed by atoms with Crippen molar-refractivity contribution < 1.29 is 9.59 Å². The van der Waals surface area contributed by atoms with Gasteiger partial charge < -0.3 is 0 Å². The molecule has 6 heteroatoms. The van der Waals surface area contributed by atoms with E-state index in [2.05, 4.69) is 9.97 Å². The normalized spacial score (nSPS) is 17.8. The first-order valence-corrected chi connectivity index (χ1v) is 8.39. The van der Waals surface area contributed by atoms with Crippen molar-refractivity contribution in [2.75, 3.05) is 4.90 Å². The summed E-state index contributed by atoms with van der Waals surface area (Å²) in [5, 5.41) is 0.0657. The van der Waals surface area contributed by atoms with Crippen LogP contribution in [0.3, 0.4) is 0 Å². The van der Waals surface area contributed by atoms with E-state index in [0.29, 0.717) is 10.8 Å². The van der Waals surface area contributed by atoms with Crippen molar-refractivity contribution in [3.63, 3.8) is 0 Å². The Morgan fingerprint density at radius 3 is 2.78 bits per heavy atom. The Kier molecular flexibility index (Phi) is 4.43. The molecule has 1 aromatic carbocycles. The highest BCUT2D eigenvalue weighted by Gasteiger charge is 2.41. The fourth-order valence-electron chi connectivity index (χ4n) is 2.59. The van der Waals surface area contributed by atoms with E-state index in [1.165, 1.54) is 16.7 Å². The van der Waals surface area contributed by atoms with E-state index < -0.39 is 5.25 Å². The first kappa shape index (κ1) is 15.7. The summed E-state index contributed by atoms with van der Waals surface area (Å²) in [6.45, 7) is 3.88. The molecule has 1 aromatic heterocycles. The van der Waals surface area contributed by atoms with Gasteiger partial charge in [0.1, 0.15) is 5.25 Å². The molecule has 0 bridgehead atoms. The Labute approximate surface area is 139 Å². The maximum atomic E-state index is 12.7. The number of carbonyl (C=O) groups excluding carboxylic acids is 2. The molecule has 0 saturated carbocycles. The lowest BCUT2D eigenvalue weighted by Crippen LogP contribution is -2.32. The number of thioether (sulfide) groups is 1. The van der Waals surface area contributed by atoms with Crippen LogP contribution in [0, 0.1) is 6.92 Å². The molecule has 118 valence electrons. The number of imide groups is 1. The van der Waals surface area contributed by atoms with Crippen molar-refractivity contribution in [3.05, 3.63) is 47.8 Å². The number of benzene rings is 1. The topological polar surface area (TPSA) is 63.2 Å². The van der Waals surface area contributed by atoms with Gasteiger partial charge in [-0.25, -0.2) is 14.9 Å². The maximum Gasteiger partial charge on any atom is 0.247 e. The lowest BCUT2D eigenvalue weighted by Gasteiger charge is -2.18. The largest absolute Gasteiger partial charge is 0.274 e. The number of para-hydroxylation sites is 1. The van der Waals surface area contributed by atoms with Crippen LogP contribution in [0.15, 0.2) is 41.7 Å². The third-order valence-electron chi connectivity index (χ3n) is 3.74. The Balaban J connectivity index is 1.85. The molecule has 1 atom stereocenters. The molecule has 0 N–H and O–H groups in total. The summed E-state index contributed by atoms with van der Waals surface area (Å²) < 4.78 is 0. The predicted octanol–water partition coefficient (Wildman–Crippen LogP) is 2.77. The first-order valence-electron chi connectivity index (χ1n) is 7.51. The van der Waals surface area contributed by atoms with Crippen LogP contribution in [0.4, 0.5) is 5.69 Å². The minimum absolute atomic E-state index is 0.166. The van der Waals surface area contributed by atoms with E-state index >= 15 is 0 Å². The summed E-state index contributed by atoms with van der Waals surface area (Å²) >= 11 is 1.25. The van der Waals surface area contributed by atoms with Gasteiger partial charge in [0.15, 0.2) is 5.16 Å². The SMILES string of the molecule is CCc1ccccc1N1C(=O)C[C@H](Sc2nccc(C)n2)C1=O. The summed E-state index contributed by atoms with van der Waals surface area (Å²) in [7, 11) is 0. The van der Waals surface area contributed by atoms with Crippen molar-refractivity contribution in [3.8, 4) is 0 Å². The van der Waals surface area contributed by atoms with Crippen molar-refractivity contribution in [1.29, 1.82) is 0 Å². The number of hydrogen-bond acceptors (Lipinski definition) is 5. The summed E-state index contributed by atoms with van der Waals surface area (Å²) in [4.78, 5) is 34.8. The molecule has 1 saturated heterocycles. The molecule has 2 heterocycles. The van der Waals surface area contributed by atoms with Gasteiger partial charge in [0.25, 0.3) is 0 Å². The standard InChI is InChI=1S/C17H17N3O2S/c1-3-12-6-4-5-7-13(12)20-15(21)10-14(16(20)22)23-17-18-9-8-11(2)19-17/h4-9,14H,3,10H2,1-2H3/t14-/m0/s1. The number of rotatable bonds is 4. The average molecular weight is 327 g/mol. The second-order valence-corrected chi connectivity index (χ2v) is 6.51. The van der Waals surface area contributed by atoms with Crippen LogP contribution in [0.25, 0.3) is 0 Å². The number of hydrogen-bond donors (Lipinski definition) is 0. The molecule has 0 aliphatic carbocycles. The molecule has 0 spiro atoms. The van der Waals surface area contributed by atoms with Gasteiger partial charge in [-0.3, -0.25) is 9.59 Å². The molecule has 3 rings (SSSR count). The average Bonchev–Trinajstić information content (AvgIpc) is 2.81. The van der Waals surface area contributed by atoms with Gasteiger partial charge >= 0.3 is 0 Å². The van der Waals surface area contributed by atoms with E-state index in [1.54, 1.807) is 12.3 Å². The zero-order valence-electron chi connectivity index (χ0n) is 13.0. The summed E-state index contributed by atoms with van der Waals surface area (Å²) in [5.41, 5.74) is 2.53. The molecule has 2 amide bonds. The van der Waals surface area contributed by atoms with Crippen LogP contribution in [0.5, 0.6) is 0 Å². The lowest BCUT2D eigenvalue weighted by atomic mass is 10.1. The molecule has 23 heavy (non-hydrogen) atoms. The maximum absolute atomic E-state index is 12.7. The van der Waals surface area contributed by atoms with Gasteiger partial charge in [0.05, 0.1) is 5.69 Å². The van der Waals surface area contributed by atoms with Crippen molar-refractivity contribution in [1.82, 2.24) is 9.97 Å². The zero-order chi connectivity index (χ0) is 16.4. The van der Waals surface area contributed by atoms with Crippen molar-refractivity contribution in [2.45, 2.75) is 37.1 Å². The van der Waals surface area contributed by atoms with Crippen LogP contribution < -0.4 is 4.90 Å². The van der Waals surface area contributed by atoms with Crippen molar-refractivity contribution in [2.24, 2.45) is 0 Å². The molecule has 1 aliphatic rings. The Morgan fingerprint density at radius 2 is 2.04 bits per heavy atom. The van der Waals surface area contributed by atoms with E-state index in [0.717, 1.165) is 17.7 Å². The second kappa shape index (κ2) is 6.50. The minimum atomic E-state index is -0.464. The molecule has 1 aliphatic heterocycles. The number of carbonyl (C=O) groups is 2. The Morgan fingerprint density at radius 1 is 1.26 bits per heavy atom. The third kappa shape index (κ3) is 3.12. The van der Waals surface area contributed by atoms with E-state index in [4.69, 9.17) is 0 Å². The zero-order valence-corrected chi connectivity index (χ0v) is 13.8. The molecule has 5 nitrogen and oxygen atoms in total. The monoisotopic (exact) mass is 327 g/mol. The minimum Gasteiger partial charge on any atom is -0.274 e. The molecule has 2 aromatic rings. The number of nitrogens with zero attached hydrogens (tertiary/aromatic N) is 3. The fraction of sp³-hybridized carbons (Fsp3) is 0.294. The molecule has 1 fully saturated rings. The van der Waals surface area contributed by atoms with E-state index in [-0.39, 0.29) is 18.2 Å². The highest BCUT2D eigenvalue weighted by atomic mass is 32.2. The van der Waals surface area contributed by atoms with E-state index in [9.17, 15) is 9.59 Å². The third-order valence-corrected chi connectivity index (χ3v) is 4.80. The first-order chi connectivity index (χ1) is 11.1. The molecule has 0 radical (unpaired) electrons. The van der Waals surface area contributed by atoms with Gasteiger partial charge in [-0.15, -0.1) is 0 Å². The highest BCUT2D eigenvalue weighted by Crippen LogP contribution is 2.33. The van der Waals surface area contributed by atoms with Crippen LogP contribution in [-0.2, 0) is 16.0 Å². The van der Waals surface area contributed by atoms with Gasteiger partial charge in [-0.05, 0) is 31.0 Å². The van der Waals surface area contributed by atoms with Gasteiger partial charge in [-0.1, -0.05) is 36.9 Å². The predicted molar refractivity (Wildman–Crippen MR) is 89.3 cm³/mol. The van der Waals surface area contributed by atoms with Crippen LogP contribution in [0.1, 0.15) is 24.6 Å². The number of anilines is 1.